The molecule has 19 heteroatoms. The summed E-state index contributed by atoms with van der Waals surface area (Å²) in [5, 5.41) is 0. The van der Waals surface area contributed by atoms with Gasteiger partial charge >= 0.3 is 26.2 Å². The normalized spacial score (nSPS) is 10.1. The topological polar surface area (TPSA) is 212 Å². The van der Waals surface area contributed by atoms with Crippen LogP contribution in [-0.2, 0) is 45.0 Å². The molecule has 0 saturated carbocycles. The number of esters is 1. The van der Waals surface area contributed by atoms with Crippen molar-refractivity contribution >= 4 is 49.8 Å². The zero-order chi connectivity index (χ0) is 44.3. The van der Waals surface area contributed by atoms with E-state index < -0.39 is 28.1 Å². The van der Waals surface area contributed by atoms with E-state index in [4.69, 9.17) is 8.83 Å². The van der Waals surface area contributed by atoms with E-state index in [9.17, 15) is 24.0 Å². The van der Waals surface area contributed by atoms with Crippen LogP contribution in [0.15, 0.2) is 8.83 Å². The van der Waals surface area contributed by atoms with Crippen molar-refractivity contribution in [3.05, 3.63) is 35.2 Å². The molecule has 2 rings (SSSR count). The molecule has 2 aromatic rings. The van der Waals surface area contributed by atoms with Crippen molar-refractivity contribution in [3.8, 4) is 0 Å². The number of aromatic nitrogens is 2. The molecule has 328 valence electrons. The number of hydrogen-bond acceptors (Lipinski definition) is 12. The number of rotatable bonds is 7. The summed E-state index contributed by atoms with van der Waals surface area (Å²) in [5.74, 6) is 0.837. The van der Waals surface area contributed by atoms with Crippen LogP contribution in [0.1, 0.15) is 123 Å². The molecule has 0 unspecified atom stereocenters. The minimum Gasteiger partial charge on any atom is -1.00 e. The Morgan fingerprint density at radius 1 is 0.596 bits per heavy atom. The first-order valence-electron chi connectivity index (χ1n) is 17.3. The van der Waals surface area contributed by atoms with Crippen molar-refractivity contribution in [2.45, 2.75) is 133 Å². The number of nitrogens with two attached hydrogens (primary N) is 2. The third-order valence-electron chi connectivity index (χ3n) is 10.2. The predicted molar refractivity (Wildman–Crippen MR) is 228 cm³/mol. The first kappa shape index (κ1) is 68.4. The third-order valence-corrected chi connectivity index (χ3v) is 10.2. The van der Waals surface area contributed by atoms with Crippen LogP contribution in [0.25, 0.3) is 0 Å². The number of oxazole rings is 2. The monoisotopic (exact) mass is 976 g/mol. The Morgan fingerprint density at radius 2 is 0.860 bits per heavy atom. The molecular weight excluding hydrogens is 898 g/mol. The van der Waals surface area contributed by atoms with Crippen molar-refractivity contribution < 1.29 is 64.3 Å². The fourth-order valence-corrected chi connectivity index (χ4v) is 4.46. The second-order valence-corrected chi connectivity index (χ2v) is 14.1. The van der Waals surface area contributed by atoms with Crippen LogP contribution >= 0.6 is 0 Å². The maximum atomic E-state index is 11.5. The number of likely N-dealkylation sites (N-methyl/N-ethyl adjacent to an activating group) is 4. The molecule has 0 aliphatic carbocycles. The third kappa shape index (κ3) is 20.3. The summed E-state index contributed by atoms with van der Waals surface area (Å²) < 4.78 is 14.2. The summed E-state index contributed by atoms with van der Waals surface area (Å²) in [5.41, 5.74) is 8.66. The summed E-state index contributed by atoms with van der Waals surface area (Å²) in [6.45, 7) is 28.9. The summed E-state index contributed by atoms with van der Waals surface area (Å²) in [6.07, 6.45) is 2.58. The fraction of sp³-hybridized carbons (Fsp3) is 0.711. The molecule has 0 bridgehead atoms. The van der Waals surface area contributed by atoms with Crippen molar-refractivity contribution in [3.63, 3.8) is 0 Å². The van der Waals surface area contributed by atoms with Crippen LogP contribution in [0, 0.1) is 34.0 Å². The second-order valence-electron chi connectivity index (χ2n) is 14.1. The molecule has 0 fully saturated rings. The van der Waals surface area contributed by atoms with E-state index in [1.54, 1.807) is 68.6 Å². The Morgan fingerprint density at radius 3 is 0.982 bits per heavy atom. The van der Waals surface area contributed by atoms with E-state index in [1.165, 1.54) is 48.9 Å². The second kappa shape index (κ2) is 29.9. The molecule has 57 heavy (non-hydrogen) atoms. The fourth-order valence-electron chi connectivity index (χ4n) is 4.46. The molecule has 0 radical (unpaired) electrons. The van der Waals surface area contributed by atoms with Gasteiger partial charge in [-0.2, -0.15) is 0 Å². The molecule has 0 aromatic carbocycles. The van der Waals surface area contributed by atoms with Gasteiger partial charge in [0.1, 0.15) is 0 Å². The number of ether oxygens (including phenoxy) is 1. The maximum Gasteiger partial charge on any atom is 2.00 e. The van der Waals surface area contributed by atoms with Gasteiger partial charge in [0.05, 0.1) is 35.0 Å². The van der Waals surface area contributed by atoms with Crippen molar-refractivity contribution in [1.82, 2.24) is 29.6 Å². The summed E-state index contributed by atoms with van der Waals surface area (Å²) in [6, 6.07) is 0. The molecule has 4 amide bonds. The van der Waals surface area contributed by atoms with E-state index in [-0.39, 0.29) is 76.4 Å². The number of nitrogens with zero attached hydrogens (tertiary/aromatic N) is 6. The number of amides is 4. The van der Waals surface area contributed by atoms with Gasteiger partial charge in [-0.15, -0.1) is 0 Å². The molecule has 2 heterocycles. The first-order chi connectivity index (χ1) is 24.4. The van der Waals surface area contributed by atoms with Crippen LogP contribution in [-0.4, -0.2) is 151 Å². The van der Waals surface area contributed by atoms with Gasteiger partial charge in [0, 0.05) is 89.8 Å². The number of carbonyl (C=O) groups excluding carboxylic acids is 5. The molecule has 2 aromatic heterocycles. The van der Waals surface area contributed by atoms with E-state index in [0.717, 1.165) is 5.69 Å². The van der Waals surface area contributed by atoms with E-state index >= 15 is 0 Å². The molecule has 0 saturated heterocycles. The van der Waals surface area contributed by atoms with Crippen molar-refractivity contribution in [2.24, 2.45) is 11.5 Å². The van der Waals surface area contributed by atoms with Crippen LogP contribution < -0.4 is 11.5 Å². The predicted octanol–water partition coefficient (Wildman–Crippen LogP) is 4.01. The Balaban J connectivity index is -0.0000000583. The smallest absolute Gasteiger partial charge is 1.00 e. The maximum absolute atomic E-state index is 11.5. The van der Waals surface area contributed by atoms with Gasteiger partial charge < -0.3 is 55.3 Å². The number of carbonyl (C=O) groups is 5. The molecule has 0 atom stereocenters. The van der Waals surface area contributed by atoms with Crippen LogP contribution in [0.5, 0.6) is 0 Å². The van der Waals surface area contributed by atoms with Gasteiger partial charge in [-0.3, -0.25) is 19.2 Å². The van der Waals surface area contributed by atoms with E-state index in [2.05, 4.69) is 32.4 Å². The molecule has 0 aliphatic rings. The summed E-state index contributed by atoms with van der Waals surface area (Å²) >= 11 is 0. The Kier molecular flexibility index (Phi) is 35.8. The van der Waals surface area contributed by atoms with E-state index in [0.29, 0.717) is 17.5 Å². The standard InChI is InChI=1S/2C12H24N2O2.C7H9NO3.C5H6NO.2CH5N.2Be.W.4H/c2*1-9(15)13(7)11(3,4)12(5,6)14(8)10(2)16;1-4-6(7(9)10-3)11-5(2)8-4;1-4-3-7-5(2)6-4;2*1-2;;;;;;;/h2*1-8H3;1-3H3;1-2H3;2*2H2,1H3;;;;;;;/q;;;-1;;;2*+2;;4*-1. The summed E-state index contributed by atoms with van der Waals surface area (Å²) in [7, 11) is 11.4. The number of methoxy groups -OCH3 is 1. The van der Waals surface area contributed by atoms with Gasteiger partial charge in [0.25, 0.3) is 0 Å². The minimum atomic E-state index is -0.483. The molecule has 4 N–H and O–H groups in total. The van der Waals surface area contributed by atoms with Gasteiger partial charge in [-0.25, -0.2) is 9.78 Å². The molecular formula is C38H77Be2N8O8W-. The van der Waals surface area contributed by atoms with Gasteiger partial charge in [-0.05, 0) is 89.0 Å². The Hall–Kier alpha value is -3.28. The molecule has 16 nitrogen and oxygen atoms in total. The minimum absolute atomic E-state index is 0. The van der Waals surface area contributed by atoms with Gasteiger partial charge in [0.2, 0.25) is 29.4 Å². The van der Waals surface area contributed by atoms with Crippen molar-refractivity contribution in [2.75, 3.05) is 49.4 Å². The quantitative estimate of drug-likeness (QED) is 0.229. The number of hydrogen-bond donors (Lipinski definition) is 2. The van der Waals surface area contributed by atoms with Crippen LogP contribution in [0.3, 0.4) is 0 Å². The first-order valence-corrected chi connectivity index (χ1v) is 17.3. The van der Waals surface area contributed by atoms with Gasteiger partial charge in [-0.1, -0.05) is 13.2 Å². The Bertz CT molecular complexity index is 1370. The average Bonchev–Trinajstić information content (AvgIpc) is 3.65. The van der Waals surface area contributed by atoms with Gasteiger partial charge in [0.15, 0.2) is 5.89 Å². The Labute approximate surface area is 371 Å². The number of aryl methyl sites for hydroxylation is 4. The SMILES string of the molecule is CC(=O)N(C)C(C)(C)C(C)(C)N(C)C(C)=O.CC(=O)N(C)C(C)(C)C(C)(C)N(C)C(C)=O.CN.CN.COC(=O)c1oc(C)nc1C.Cc1[c-]oc(C)n1.[Be+2].[Be+2].[H-].[H-].[H-].[H-].[W]. The van der Waals surface area contributed by atoms with Crippen molar-refractivity contribution in [1.29, 1.82) is 0 Å². The average molecular weight is 976 g/mol. The van der Waals surface area contributed by atoms with E-state index in [1.807, 2.05) is 62.3 Å². The largest absolute Gasteiger partial charge is 2.00 e. The summed E-state index contributed by atoms with van der Waals surface area (Å²) in [4.78, 5) is 71.2. The molecule has 0 spiro atoms. The van der Waals surface area contributed by atoms with Crippen LogP contribution in [0.4, 0.5) is 0 Å². The zero-order valence-corrected chi connectivity index (χ0v) is 42.4. The zero-order valence-electron chi connectivity index (χ0n) is 43.4. The molecule has 0 aliphatic heterocycles. The van der Waals surface area contributed by atoms with Crippen LogP contribution in [0.2, 0.25) is 0 Å².